The lowest BCUT2D eigenvalue weighted by molar-refractivity contribution is -0.142. The molecule has 1 atom stereocenters. The molecular formula is C38H72O2. The average molecular weight is 561 g/mol. The Labute approximate surface area is 252 Å². The second-order valence-electron chi connectivity index (χ2n) is 12.5. The summed E-state index contributed by atoms with van der Waals surface area (Å²) in [5.74, 6) is -0.690. The predicted octanol–water partition coefficient (Wildman–Crippen LogP) is 13.5. The maximum absolute atomic E-state index is 11.7. The van der Waals surface area contributed by atoms with Crippen LogP contribution in [0.25, 0.3) is 0 Å². The molecule has 236 valence electrons. The van der Waals surface area contributed by atoms with Gasteiger partial charge in [-0.25, -0.2) is 0 Å². The second-order valence-corrected chi connectivity index (χ2v) is 12.5. The van der Waals surface area contributed by atoms with Crippen LogP contribution in [0.2, 0.25) is 0 Å². The summed E-state index contributed by atoms with van der Waals surface area (Å²) in [6, 6.07) is 0. The number of hydrogen-bond donors (Lipinski definition) is 1. The number of aliphatic carboxylic acids is 1. The Bertz CT molecular complexity index is 550. The summed E-state index contributed by atoms with van der Waals surface area (Å²) in [6.07, 6.45) is 47.9. The Morgan fingerprint density at radius 3 is 0.950 bits per heavy atom. The van der Waals surface area contributed by atoms with E-state index in [4.69, 9.17) is 0 Å². The summed E-state index contributed by atoms with van der Waals surface area (Å²) in [5, 5.41) is 9.61. The summed E-state index contributed by atoms with van der Waals surface area (Å²) in [5.41, 5.74) is 0. The van der Waals surface area contributed by atoms with Crippen LogP contribution in [0.1, 0.15) is 206 Å². The minimum atomic E-state index is -0.571. The van der Waals surface area contributed by atoms with Crippen molar-refractivity contribution in [2.45, 2.75) is 206 Å². The Balaban J connectivity index is 3.46. The molecule has 0 amide bonds. The van der Waals surface area contributed by atoms with Crippen molar-refractivity contribution in [1.29, 1.82) is 0 Å². The van der Waals surface area contributed by atoms with Crippen molar-refractivity contribution in [3.05, 3.63) is 24.3 Å². The third kappa shape index (κ3) is 31.5. The van der Waals surface area contributed by atoms with Gasteiger partial charge in [-0.2, -0.15) is 0 Å². The van der Waals surface area contributed by atoms with Crippen molar-refractivity contribution < 1.29 is 9.90 Å². The molecule has 1 N–H and O–H groups in total. The van der Waals surface area contributed by atoms with E-state index >= 15 is 0 Å². The van der Waals surface area contributed by atoms with Gasteiger partial charge in [-0.1, -0.05) is 167 Å². The van der Waals surface area contributed by atoms with Crippen LogP contribution in [0.15, 0.2) is 24.3 Å². The molecule has 0 aliphatic carbocycles. The van der Waals surface area contributed by atoms with E-state index < -0.39 is 5.97 Å². The first-order valence-electron chi connectivity index (χ1n) is 18.2. The Morgan fingerprint density at radius 2 is 0.675 bits per heavy atom. The minimum absolute atomic E-state index is 0.119. The van der Waals surface area contributed by atoms with Gasteiger partial charge < -0.3 is 5.11 Å². The molecule has 0 aromatic heterocycles. The van der Waals surface area contributed by atoms with Gasteiger partial charge in [-0.3, -0.25) is 4.79 Å². The summed E-state index contributed by atoms with van der Waals surface area (Å²) < 4.78 is 0. The number of carbonyl (C=O) groups is 1. The lowest BCUT2D eigenvalue weighted by atomic mass is 9.94. The van der Waals surface area contributed by atoms with Gasteiger partial charge in [0.2, 0.25) is 0 Å². The zero-order valence-electron chi connectivity index (χ0n) is 27.5. The molecule has 0 aromatic carbocycles. The normalized spacial score (nSPS) is 12.7. The Kier molecular flexibility index (Phi) is 33.3. The summed E-state index contributed by atoms with van der Waals surface area (Å²) in [7, 11) is 0. The number of rotatable bonds is 33. The first-order chi connectivity index (χ1) is 19.7. The van der Waals surface area contributed by atoms with Crippen molar-refractivity contribution in [3.8, 4) is 0 Å². The van der Waals surface area contributed by atoms with Gasteiger partial charge in [0.1, 0.15) is 0 Å². The molecule has 0 aliphatic heterocycles. The van der Waals surface area contributed by atoms with Gasteiger partial charge in [0, 0.05) is 0 Å². The van der Waals surface area contributed by atoms with Gasteiger partial charge in [0.25, 0.3) is 0 Å². The molecule has 0 fully saturated rings. The molecule has 2 nitrogen and oxygen atoms in total. The van der Waals surface area contributed by atoms with E-state index in [9.17, 15) is 9.90 Å². The highest BCUT2D eigenvalue weighted by Gasteiger charge is 2.16. The fourth-order valence-electron chi connectivity index (χ4n) is 5.67. The summed E-state index contributed by atoms with van der Waals surface area (Å²) >= 11 is 0. The van der Waals surface area contributed by atoms with Crippen molar-refractivity contribution in [2.24, 2.45) is 5.92 Å². The smallest absolute Gasteiger partial charge is 0.306 e. The van der Waals surface area contributed by atoms with Crippen LogP contribution in [-0.4, -0.2) is 11.1 Å². The third-order valence-electron chi connectivity index (χ3n) is 8.48. The van der Waals surface area contributed by atoms with Crippen LogP contribution in [0, 0.1) is 5.92 Å². The van der Waals surface area contributed by atoms with Gasteiger partial charge in [0.15, 0.2) is 0 Å². The van der Waals surface area contributed by atoms with Crippen LogP contribution in [0.5, 0.6) is 0 Å². The van der Waals surface area contributed by atoms with Crippen LogP contribution >= 0.6 is 0 Å². The molecule has 0 saturated heterocycles. The van der Waals surface area contributed by atoms with E-state index in [-0.39, 0.29) is 5.92 Å². The van der Waals surface area contributed by atoms with Crippen LogP contribution in [0.3, 0.4) is 0 Å². The van der Waals surface area contributed by atoms with E-state index in [1.165, 1.54) is 167 Å². The molecule has 0 spiro atoms. The topological polar surface area (TPSA) is 37.3 Å². The molecule has 0 aromatic rings. The number of allylic oxidation sites excluding steroid dienone is 4. The van der Waals surface area contributed by atoms with E-state index in [1.807, 2.05) is 0 Å². The van der Waals surface area contributed by atoms with E-state index in [1.54, 1.807) is 0 Å². The fraction of sp³-hybridized carbons (Fsp3) is 0.868. The van der Waals surface area contributed by atoms with Crippen LogP contribution < -0.4 is 0 Å². The van der Waals surface area contributed by atoms with E-state index in [0.717, 1.165) is 25.7 Å². The third-order valence-corrected chi connectivity index (χ3v) is 8.48. The maximum Gasteiger partial charge on any atom is 0.306 e. The van der Waals surface area contributed by atoms with Crippen LogP contribution in [0.4, 0.5) is 0 Å². The monoisotopic (exact) mass is 561 g/mol. The number of hydrogen-bond acceptors (Lipinski definition) is 1. The quantitative estimate of drug-likeness (QED) is 0.0640. The van der Waals surface area contributed by atoms with Crippen molar-refractivity contribution in [1.82, 2.24) is 0 Å². The zero-order valence-corrected chi connectivity index (χ0v) is 27.5. The molecule has 0 bridgehead atoms. The largest absolute Gasteiger partial charge is 0.481 e. The molecular weight excluding hydrogens is 488 g/mol. The minimum Gasteiger partial charge on any atom is -0.481 e. The highest BCUT2D eigenvalue weighted by Crippen LogP contribution is 2.20. The average Bonchev–Trinajstić information content (AvgIpc) is 2.95. The van der Waals surface area contributed by atoms with Gasteiger partial charge in [-0.15, -0.1) is 0 Å². The van der Waals surface area contributed by atoms with Crippen molar-refractivity contribution >= 4 is 5.97 Å². The Morgan fingerprint density at radius 1 is 0.425 bits per heavy atom. The van der Waals surface area contributed by atoms with Crippen LogP contribution in [-0.2, 0) is 4.79 Å². The lowest BCUT2D eigenvalue weighted by Crippen LogP contribution is -2.13. The zero-order chi connectivity index (χ0) is 29.2. The standard InChI is InChI=1S/C38H72O2/c1-3-5-7-9-11-13-15-17-19-20-21-22-24-26-28-30-32-34-36-37(38(39)40)35-33-31-29-27-25-23-18-16-14-12-10-8-6-4-2/h17-19,23,37H,3-16,20-22,24-36H2,1-2H3,(H,39,40)/b19-17+,23-18-. The van der Waals surface area contributed by atoms with E-state index in [2.05, 4.69) is 38.2 Å². The molecule has 2 heteroatoms. The molecule has 1 unspecified atom stereocenters. The molecule has 0 radical (unpaired) electrons. The van der Waals surface area contributed by atoms with Gasteiger partial charge >= 0.3 is 5.97 Å². The summed E-state index contributed by atoms with van der Waals surface area (Å²) in [6.45, 7) is 4.55. The SMILES string of the molecule is CCCCCCCC/C=C\CCCCCCC(CCCCCCCCCC/C=C/CCCCCCCC)C(=O)O. The highest BCUT2D eigenvalue weighted by molar-refractivity contribution is 5.69. The molecule has 40 heavy (non-hydrogen) atoms. The van der Waals surface area contributed by atoms with Gasteiger partial charge in [0.05, 0.1) is 5.92 Å². The number of unbranched alkanes of at least 4 members (excludes halogenated alkanes) is 24. The first kappa shape index (κ1) is 39.0. The summed E-state index contributed by atoms with van der Waals surface area (Å²) in [4.78, 5) is 11.7. The second kappa shape index (κ2) is 34.2. The Hall–Kier alpha value is -1.05. The van der Waals surface area contributed by atoms with Gasteiger partial charge in [-0.05, 0) is 64.2 Å². The van der Waals surface area contributed by atoms with Crippen molar-refractivity contribution in [2.75, 3.05) is 0 Å². The highest BCUT2D eigenvalue weighted by atomic mass is 16.4. The molecule has 0 rings (SSSR count). The first-order valence-corrected chi connectivity index (χ1v) is 18.2. The molecule has 0 heterocycles. The maximum atomic E-state index is 11.7. The predicted molar refractivity (Wildman–Crippen MR) is 179 cm³/mol. The molecule has 0 saturated carbocycles. The lowest BCUT2D eigenvalue weighted by Gasteiger charge is -2.12. The van der Waals surface area contributed by atoms with E-state index in [0.29, 0.717) is 0 Å². The fourth-order valence-corrected chi connectivity index (χ4v) is 5.67. The molecule has 0 aliphatic rings. The number of carboxylic acids is 1. The van der Waals surface area contributed by atoms with Crippen molar-refractivity contribution in [3.63, 3.8) is 0 Å². The number of carboxylic acid groups (broad SMARTS) is 1.